The van der Waals surface area contributed by atoms with E-state index in [0.29, 0.717) is 49.5 Å². The van der Waals surface area contributed by atoms with E-state index in [1.54, 1.807) is 18.2 Å². The molecule has 2 aromatic rings. The standard InChI is InChI=1S/C22H23NO4/c1-15-13-16-5-2-3-6-18(16)23(15)22(25)8-4-7-19(24)17-9-10-20-21(14-17)27-12-11-26-20/h2-3,5-6,9-10,14-15H,4,7-8,11-13H2,1H3. The summed E-state index contributed by atoms with van der Waals surface area (Å²) in [5.41, 5.74) is 2.82. The SMILES string of the molecule is CC1Cc2ccccc2N1C(=O)CCCC(=O)c1ccc2c(c1)OCCO2. The molecule has 1 amide bonds. The minimum absolute atomic E-state index is 0.0228. The summed E-state index contributed by atoms with van der Waals surface area (Å²) in [4.78, 5) is 27.1. The molecule has 0 radical (unpaired) electrons. The molecule has 27 heavy (non-hydrogen) atoms. The minimum atomic E-state index is 0.0228. The van der Waals surface area contributed by atoms with Crippen LogP contribution in [0.15, 0.2) is 42.5 Å². The van der Waals surface area contributed by atoms with E-state index in [1.165, 1.54) is 5.56 Å². The molecule has 0 aliphatic carbocycles. The summed E-state index contributed by atoms with van der Waals surface area (Å²) in [5, 5.41) is 0. The van der Waals surface area contributed by atoms with Gasteiger partial charge in [0.25, 0.3) is 0 Å². The van der Waals surface area contributed by atoms with E-state index in [0.717, 1.165) is 12.1 Å². The number of carbonyl (C=O) groups is 2. The molecule has 140 valence electrons. The predicted molar refractivity (Wildman–Crippen MR) is 103 cm³/mol. The first-order chi connectivity index (χ1) is 13.1. The molecule has 2 heterocycles. The summed E-state index contributed by atoms with van der Waals surface area (Å²) in [7, 11) is 0. The van der Waals surface area contributed by atoms with E-state index in [1.807, 2.05) is 23.1 Å². The number of nitrogens with zero attached hydrogens (tertiary/aromatic N) is 1. The van der Waals surface area contributed by atoms with Crippen LogP contribution in [0.1, 0.15) is 42.1 Å². The Morgan fingerprint density at radius 3 is 2.67 bits per heavy atom. The number of carbonyl (C=O) groups excluding carboxylic acids is 2. The minimum Gasteiger partial charge on any atom is -0.486 e. The second-order valence-corrected chi connectivity index (χ2v) is 7.08. The Bertz CT molecular complexity index is 876. The van der Waals surface area contributed by atoms with Gasteiger partial charge in [0.2, 0.25) is 5.91 Å². The largest absolute Gasteiger partial charge is 0.486 e. The lowest BCUT2D eigenvalue weighted by atomic mass is 10.0. The molecule has 1 atom stereocenters. The highest BCUT2D eigenvalue weighted by Crippen LogP contribution is 2.33. The molecular weight excluding hydrogens is 342 g/mol. The second kappa shape index (κ2) is 7.43. The Hall–Kier alpha value is -2.82. The number of Topliss-reactive ketones (excluding diaryl/α,β-unsaturated/α-hetero) is 1. The number of ether oxygens (including phenoxy) is 2. The van der Waals surface area contributed by atoms with Crippen molar-refractivity contribution in [2.24, 2.45) is 0 Å². The van der Waals surface area contributed by atoms with E-state index in [2.05, 4.69) is 13.0 Å². The van der Waals surface area contributed by atoms with Crippen molar-refractivity contribution in [2.75, 3.05) is 18.1 Å². The average molecular weight is 365 g/mol. The molecule has 0 saturated carbocycles. The van der Waals surface area contributed by atoms with Crippen LogP contribution in [-0.2, 0) is 11.2 Å². The molecule has 2 aromatic carbocycles. The first-order valence-corrected chi connectivity index (χ1v) is 9.46. The van der Waals surface area contributed by atoms with Gasteiger partial charge in [-0.05, 0) is 49.6 Å². The lowest BCUT2D eigenvalue weighted by molar-refractivity contribution is -0.119. The molecule has 5 heteroatoms. The first-order valence-electron chi connectivity index (χ1n) is 9.46. The maximum absolute atomic E-state index is 12.7. The molecular formula is C22H23NO4. The van der Waals surface area contributed by atoms with Gasteiger partial charge in [-0.1, -0.05) is 18.2 Å². The molecule has 2 aliphatic rings. The quantitative estimate of drug-likeness (QED) is 0.757. The highest BCUT2D eigenvalue weighted by Gasteiger charge is 2.30. The zero-order valence-corrected chi connectivity index (χ0v) is 15.4. The van der Waals surface area contributed by atoms with Gasteiger partial charge in [-0.3, -0.25) is 9.59 Å². The summed E-state index contributed by atoms with van der Waals surface area (Å²) >= 11 is 0. The van der Waals surface area contributed by atoms with Crippen molar-refractivity contribution in [3.05, 3.63) is 53.6 Å². The summed E-state index contributed by atoms with van der Waals surface area (Å²) in [6, 6.07) is 13.5. The van der Waals surface area contributed by atoms with Gasteiger partial charge in [-0.25, -0.2) is 0 Å². The Morgan fingerprint density at radius 2 is 1.81 bits per heavy atom. The van der Waals surface area contributed by atoms with Crippen molar-refractivity contribution in [1.29, 1.82) is 0 Å². The second-order valence-electron chi connectivity index (χ2n) is 7.08. The Morgan fingerprint density at radius 1 is 1.04 bits per heavy atom. The first kappa shape index (κ1) is 17.6. The molecule has 5 nitrogen and oxygen atoms in total. The number of ketones is 1. The van der Waals surface area contributed by atoms with Gasteiger partial charge < -0.3 is 14.4 Å². The van der Waals surface area contributed by atoms with Crippen LogP contribution in [0.2, 0.25) is 0 Å². The van der Waals surface area contributed by atoms with E-state index in [4.69, 9.17) is 9.47 Å². The smallest absolute Gasteiger partial charge is 0.227 e. The van der Waals surface area contributed by atoms with Gasteiger partial charge in [0.15, 0.2) is 17.3 Å². The van der Waals surface area contributed by atoms with Crippen LogP contribution in [0.25, 0.3) is 0 Å². The monoisotopic (exact) mass is 365 g/mol. The number of para-hydroxylation sites is 1. The van der Waals surface area contributed by atoms with Crippen LogP contribution in [0.4, 0.5) is 5.69 Å². The molecule has 1 unspecified atom stereocenters. The Balaban J connectivity index is 1.34. The lowest BCUT2D eigenvalue weighted by Crippen LogP contribution is -2.35. The zero-order valence-electron chi connectivity index (χ0n) is 15.4. The number of hydrogen-bond acceptors (Lipinski definition) is 4. The molecule has 2 aliphatic heterocycles. The number of fused-ring (bicyclic) bond motifs is 2. The zero-order chi connectivity index (χ0) is 18.8. The van der Waals surface area contributed by atoms with Crippen LogP contribution in [0.3, 0.4) is 0 Å². The van der Waals surface area contributed by atoms with Gasteiger partial charge in [0, 0.05) is 30.1 Å². The Kier molecular flexibility index (Phi) is 4.84. The Labute approximate surface area is 158 Å². The normalized spacial score (nSPS) is 17.5. The molecule has 0 bridgehead atoms. The third-order valence-electron chi connectivity index (χ3n) is 5.13. The van der Waals surface area contributed by atoms with Crippen molar-refractivity contribution in [2.45, 2.75) is 38.6 Å². The number of benzene rings is 2. The number of amides is 1. The predicted octanol–water partition coefficient (Wildman–Crippen LogP) is 3.79. The summed E-state index contributed by atoms with van der Waals surface area (Å²) in [6.45, 7) is 3.09. The third-order valence-corrected chi connectivity index (χ3v) is 5.13. The summed E-state index contributed by atoms with van der Waals surface area (Å²) in [5.74, 6) is 1.40. The third kappa shape index (κ3) is 3.54. The average Bonchev–Trinajstić information content (AvgIpc) is 3.03. The highest BCUT2D eigenvalue weighted by molar-refractivity contribution is 5.98. The van der Waals surface area contributed by atoms with Gasteiger partial charge >= 0.3 is 0 Å². The van der Waals surface area contributed by atoms with Crippen LogP contribution >= 0.6 is 0 Å². The van der Waals surface area contributed by atoms with Crippen LogP contribution in [0, 0.1) is 0 Å². The van der Waals surface area contributed by atoms with Crippen molar-refractivity contribution in [3.8, 4) is 11.5 Å². The van der Waals surface area contributed by atoms with E-state index in [9.17, 15) is 9.59 Å². The molecule has 0 saturated heterocycles. The van der Waals surface area contributed by atoms with E-state index in [-0.39, 0.29) is 17.7 Å². The maximum Gasteiger partial charge on any atom is 0.227 e. The van der Waals surface area contributed by atoms with Gasteiger partial charge in [-0.15, -0.1) is 0 Å². The van der Waals surface area contributed by atoms with Crippen LogP contribution in [0.5, 0.6) is 11.5 Å². The van der Waals surface area contributed by atoms with Gasteiger partial charge in [0.1, 0.15) is 13.2 Å². The van der Waals surface area contributed by atoms with Gasteiger partial charge in [-0.2, -0.15) is 0 Å². The number of anilines is 1. The fourth-order valence-electron chi connectivity index (χ4n) is 3.83. The van der Waals surface area contributed by atoms with Crippen molar-refractivity contribution >= 4 is 17.4 Å². The van der Waals surface area contributed by atoms with Gasteiger partial charge in [0.05, 0.1) is 0 Å². The summed E-state index contributed by atoms with van der Waals surface area (Å²) in [6.07, 6.45) is 2.14. The maximum atomic E-state index is 12.7. The van der Waals surface area contributed by atoms with Crippen molar-refractivity contribution in [1.82, 2.24) is 0 Å². The number of rotatable bonds is 5. The molecule has 0 spiro atoms. The molecule has 4 rings (SSSR count). The van der Waals surface area contributed by atoms with Crippen molar-refractivity contribution in [3.63, 3.8) is 0 Å². The number of hydrogen-bond donors (Lipinski definition) is 0. The van der Waals surface area contributed by atoms with E-state index >= 15 is 0 Å². The lowest BCUT2D eigenvalue weighted by Gasteiger charge is -2.22. The fourth-order valence-corrected chi connectivity index (χ4v) is 3.83. The summed E-state index contributed by atoms with van der Waals surface area (Å²) < 4.78 is 11.0. The van der Waals surface area contributed by atoms with Crippen molar-refractivity contribution < 1.29 is 19.1 Å². The molecule has 0 fully saturated rings. The fraction of sp³-hybridized carbons (Fsp3) is 0.364. The topological polar surface area (TPSA) is 55.8 Å². The molecule has 0 aromatic heterocycles. The van der Waals surface area contributed by atoms with E-state index < -0.39 is 0 Å². The van der Waals surface area contributed by atoms with Crippen LogP contribution < -0.4 is 14.4 Å². The molecule has 0 N–H and O–H groups in total. The van der Waals surface area contributed by atoms with Crippen LogP contribution in [-0.4, -0.2) is 30.9 Å². The highest BCUT2D eigenvalue weighted by atomic mass is 16.6.